The molecule has 0 aromatic heterocycles. The van der Waals surface area contributed by atoms with Gasteiger partial charge in [-0.15, -0.1) is 0 Å². The van der Waals surface area contributed by atoms with Gasteiger partial charge >= 0.3 is 0 Å². The lowest BCUT2D eigenvalue weighted by Crippen LogP contribution is -2.68. The first-order valence-electron chi connectivity index (χ1n) is 5.56. The second-order valence-corrected chi connectivity index (χ2v) is 4.60. The van der Waals surface area contributed by atoms with E-state index in [1.807, 2.05) is 30.3 Å². The molecular formula is C12H14N2O3S. The second kappa shape index (κ2) is 5.41. The number of carbonyl (C=O) groups excluding carboxylic acids is 2. The molecule has 1 heterocycles. The number of nitrogens with one attached hydrogen (secondary N) is 1. The van der Waals surface area contributed by atoms with E-state index in [-0.39, 0.29) is 25.0 Å². The van der Waals surface area contributed by atoms with Crippen LogP contribution >= 0.6 is 12.6 Å². The number of rotatable bonds is 4. The molecule has 1 aliphatic rings. The first kappa shape index (κ1) is 12.9. The number of aliphatic hydroxyl groups excluding tert-OH is 1. The molecular weight excluding hydrogens is 252 g/mol. The van der Waals surface area contributed by atoms with Crippen molar-refractivity contribution in [3.63, 3.8) is 0 Å². The topological polar surface area (TPSA) is 69.6 Å². The lowest BCUT2D eigenvalue weighted by molar-refractivity contribution is -0.153. The molecule has 1 fully saturated rings. The maximum atomic E-state index is 11.7. The molecule has 0 spiro atoms. The highest BCUT2D eigenvalue weighted by molar-refractivity contribution is 7.81. The predicted octanol–water partition coefficient (Wildman–Crippen LogP) is -0.238. The molecule has 5 nitrogen and oxygen atoms in total. The van der Waals surface area contributed by atoms with E-state index < -0.39 is 11.4 Å². The summed E-state index contributed by atoms with van der Waals surface area (Å²) in [5, 5.41) is 11.0. The molecule has 2 N–H and O–H groups in total. The van der Waals surface area contributed by atoms with E-state index in [0.717, 1.165) is 5.56 Å². The molecule has 1 aromatic rings. The third-order valence-corrected chi connectivity index (χ3v) is 3.42. The predicted molar refractivity (Wildman–Crippen MR) is 68.8 cm³/mol. The summed E-state index contributed by atoms with van der Waals surface area (Å²) in [5.74, 6) is -0.532. The molecule has 1 aliphatic heterocycles. The first-order chi connectivity index (χ1) is 8.63. The molecule has 0 bridgehead atoms. The van der Waals surface area contributed by atoms with Crippen LogP contribution in [-0.2, 0) is 16.0 Å². The number of hydrogen-bond donors (Lipinski definition) is 3. The quantitative estimate of drug-likeness (QED) is 0.520. The van der Waals surface area contributed by atoms with Gasteiger partial charge in [0.15, 0.2) is 0 Å². The van der Waals surface area contributed by atoms with Gasteiger partial charge in [0.25, 0.3) is 5.91 Å². The monoisotopic (exact) mass is 266 g/mol. The molecule has 0 radical (unpaired) electrons. The Morgan fingerprint density at radius 1 is 1.39 bits per heavy atom. The van der Waals surface area contributed by atoms with Crippen molar-refractivity contribution < 1.29 is 14.7 Å². The molecule has 2 rings (SSSR count). The van der Waals surface area contributed by atoms with Gasteiger partial charge in [0.05, 0.1) is 6.42 Å². The summed E-state index contributed by atoms with van der Waals surface area (Å²) < 4.78 is 0. The fourth-order valence-electron chi connectivity index (χ4n) is 1.83. The summed E-state index contributed by atoms with van der Waals surface area (Å²) in [5.41, 5.74) is 0.886. The highest BCUT2D eigenvalue weighted by Gasteiger charge is 2.45. The van der Waals surface area contributed by atoms with Gasteiger partial charge in [-0.3, -0.25) is 9.59 Å². The smallest absolute Gasteiger partial charge is 0.251 e. The van der Waals surface area contributed by atoms with Crippen molar-refractivity contribution in [1.82, 2.24) is 10.2 Å². The van der Waals surface area contributed by atoms with Crippen molar-refractivity contribution in [3.8, 4) is 0 Å². The van der Waals surface area contributed by atoms with Crippen LogP contribution in [0.15, 0.2) is 30.3 Å². The molecule has 6 heteroatoms. The molecule has 2 amide bonds. The summed E-state index contributed by atoms with van der Waals surface area (Å²) in [6, 6.07) is 8.63. The summed E-state index contributed by atoms with van der Waals surface area (Å²) in [6.45, 7) is -0.377. The Hall–Kier alpha value is -1.53. The van der Waals surface area contributed by atoms with E-state index in [0.29, 0.717) is 0 Å². The van der Waals surface area contributed by atoms with Crippen LogP contribution in [-0.4, -0.2) is 40.0 Å². The Kier molecular flexibility index (Phi) is 3.88. The second-order valence-electron chi connectivity index (χ2n) is 4.07. The van der Waals surface area contributed by atoms with E-state index in [1.165, 1.54) is 4.90 Å². The summed E-state index contributed by atoms with van der Waals surface area (Å²) in [6.07, 6.45) is 0.226. The van der Waals surface area contributed by atoms with Gasteiger partial charge in [0.1, 0.15) is 18.1 Å². The van der Waals surface area contributed by atoms with Crippen LogP contribution in [0.25, 0.3) is 0 Å². The van der Waals surface area contributed by atoms with E-state index in [2.05, 4.69) is 17.9 Å². The molecule has 2 atom stereocenters. The average Bonchev–Trinajstić information content (AvgIpc) is 2.38. The first-order valence-corrected chi connectivity index (χ1v) is 6.08. The average molecular weight is 266 g/mol. The fourth-order valence-corrected chi connectivity index (χ4v) is 2.22. The van der Waals surface area contributed by atoms with E-state index in [1.54, 1.807) is 0 Å². The van der Waals surface area contributed by atoms with Gasteiger partial charge in [0.2, 0.25) is 5.91 Å². The van der Waals surface area contributed by atoms with Gasteiger partial charge in [-0.2, -0.15) is 12.6 Å². The van der Waals surface area contributed by atoms with E-state index in [9.17, 15) is 9.59 Å². The SMILES string of the molecule is O=C(Cc1ccccc1)NC1C(=O)N(CO)[C@@H]1S. The van der Waals surface area contributed by atoms with E-state index in [4.69, 9.17) is 5.11 Å². The summed E-state index contributed by atoms with van der Waals surface area (Å²) in [7, 11) is 0. The fraction of sp³-hybridized carbons (Fsp3) is 0.333. The maximum absolute atomic E-state index is 11.7. The maximum Gasteiger partial charge on any atom is 0.251 e. The van der Waals surface area contributed by atoms with Crippen molar-refractivity contribution in [2.45, 2.75) is 17.8 Å². The lowest BCUT2D eigenvalue weighted by atomic mass is 10.1. The van der Waals surface area contributed by atoms with Crippen LogP contribution in [0, 0.1) is 0 Å². The van der Waals surface area contributed by atoms with Crippen molar-refractivity contribution in [3.05, 3.63) is 35.9 Å². The van der Waals surface area contributed by atoms with Crippen LogP contribution in [0.4, 0.5) is 0 Å². The Labute approximate surface area is 110 Å². The van der Waals surface area contributed by atoms with Gasteiger partial charge in [-0.1, -0.05) is 30.3 Å². The molecule has 0 aliphatic carbocycles. The molecule has 1 unspecified atom stereocenters. The number of nitrogens with zero attached hydrogens (tertiary/aromatic N) is 1. The van der Waals surface area contributed by atoms with Gasteiger partial charge < -0.3 is 15.3 Å². The third kappa shape index (κ3) is 2.49. The van der Waals surface area contributed by atoms with E-state index >= 15 is 0 Å². The zero-order valence-corrected chi connectivity index (χ0v) is 10.5. The molecule has 96 valence electrons. The van der Waals surface area contributed by atoms with Crippen molar-refractivity contribution in [2.24, 2.45) is 0 Å². The number of benzene rings is 1. The number of likely N-dealkylation sites (tertiary alicyclic amines) is 1. The molecule has 1 aromatic carbocycles. The van der Waals surface area contributed by atoms with Crippen molar-refractivity contribution in [1.29, 1.82) is 0 Å². The Balaban J connectivity index is 1.88. The van der Waals surface area contributed by atoms with Crippen LogP contribution in [0.1, 0.15) is 5.56 Å². The van der Waals surface area contributed by atoms with Gasteiger partial charge in [-0.25, -0.2) is 0 Å². The zero-order valence-electron chi connectivity index (χ0n) is 9.61. The molecule has 1 saturated heterocycles. The molecule has 0 saturated carbocycles. The number of carbonyl (C=O) groups is 2. The Bertz CT molecular complexity index is 452. The summed E-state index contributed by atoms with van der Waals surface area (Å²) >= 11 is 4.15. The number of thiol groups is 1. The number of hydrogen-bond acceptors (Lipinski definition) is 4. The van der Waals surface area contributed by atoms with Crippen molar-refractivity contribution >= 4 is 24.4 Å². The van der Waals surface area contributed by atoms with Crippen LogP contribution in [0.2, 0.25) is 0 Å². The van der Waals surface area contributed by atoms with Crippen LogP contribution in [0.5, 0.6) is 0 Å². The largest absolute Gasteiger partial charge is 0.376 e. The van der Waals surface area contributed by atoms with Crippen LogP contribution < -0.4 is 5.32 Å². The third-order valence-electron chi connectivity index (χ3n) is 2.84. The Morgan fingerprint density at radius 2 is 2.06 bits per heavy atom. The Morgan fingerprint density at radius 3 is 2.61 bits per heavy atom. The lowest BCUT2D eigenvalue weighted by Gasteiger charge is -2.43. The minimum absolute atomic E-state index is 0.226. The van der Waals surface area contributed by atoms with Crippen LogP contribution in [0.3, 0.4) is 0 Å². The highest BCUT2D eigenvalue weighted by Crippen LogP contribution is 2.22. The van der Waals surface area contributed by atoms with Gasteiger partial charge in [0, 0.05) is 0 Å². The summed E-state index contributed by atoms with van der Waals surface area (Å²) in [4.78, 5) is 24.4. The van der Waals surface area contributed by atoms with Crippen molar-refractivity contribution in [2.75, 3.05) is 6.73 Å². The zero-order chi connectivity index (χ0) is 13.1. The normalized spacial score (nSPS) is 22.6. The number of amides is 2. The number of β-lactam (4-membered cyclic amide) rings is 1. The standard InChI is InChI=1S/C12H14N2O3S/c15-7-14-11(17)10(12(14)18)13-9(16)6-8-4-2-1-3-5-8/h1-5,10,12,15,18H,6-7H2,(H,13,16)/t10?,12-/m1/s1. The van der Waals surface area contributed by atoms with Gasteiger partial charge in [-0.05, 0) is 5.56 Å². The number of aliphatic hydroxyl groups is 1. The molecule has 18 heavy (non-hydrogen) atoms. The highest BCUT2D eigenvalue weighted by atomic mass is 32.1. The minimum Gasteiger partial charge on any atom is -0.376 e. The minimum atomic E-state index is -0.642.